The molecule has 0 aliphatic rings. The van der Waals surface area contributed by atoms with Crippen molar-refractivity contribution < 1.29 is 13.3 Å². The number of hydrogen-bond donors (Lipinski definition) is 0. The maximum atomic E-state index is 6.84. The van der Waals surface area contributed by atoms with Gasteiger partial charge in [-0.1, -0.05) is 419 Å². The fraction of sp³-hybridized carbons (Fsp3) is 0.0144. The number of furan rings is 3. The second-order valence-corrected chi connectivity index (χ2v) is 37.9. The number of nitrogens with zero attached hydrogens (tertiary/aromatic N) is 4. The number of aromatic nitrogens is 2. The number of hydrogen-bond acceptors (Lipinski definition) is 6. The van der Waals surface area contributed by atoms with Crippen molar-refractivity contribution in [3.05, 3.63) is 521 Å². The number of anilines is 6. The van der Waals surface area contributed by atoms with Crippen LogP contribution in [0.1, 0.15) is 12.7 Å². The summed E-state index contributed by atoms with van der Waals surface area (Å²) < 4.78 is 22.3. The van der Waals surface area contributed by atoms with E-state index < -0.39 is 0 Å². The molecule has 0 aliphatic heterocycles. The molecule has 26 aromatic carbocycles. The zero-order valence-electron chi connectivity index (χ0n) is 79.8. The van der Waals surface area contributed by atoms with Crippen LogP contribution in [0.25, 0.3) is 246 Å². The van der Waals surface area contributed by atoms with Gasteiger partial charge in [0.15, 0.2) is 11.2 Å². The number of rotatable bonds is 14. The topological polar surface area (TPSA) is 63.7 Å². The highest BCUT2D eigenvalue weighted by molar-refractivity contribution is 6.30. The first-order chi connectivity index (χ1) is 72.4. The first-order valence-electron chi connectivity index (χ1n) is 50.2. The molecule has 0 aliphatic carbocycles. The summed E-state index contributed by atoms with van der Waals surface area (Å²) in [4.78, 5) is 9.73. The molecular weight excluding hydrogens is 1770 g/mol. The van der Waals surface area contributed by atoms with E-state index >= 15 is 0 Å². The van der Waals surface area contributed by atoms with Crippen molar-refractivity contribution in [2.24, 2.45) is 0 Å². The van der Waals surface area contributed by atoms with E-state index in [0.29, 0.717) is 0 Å². The van der Waals surface area contributed by atoms with Gasteiger partial charge in [0.2, 0.25) is 0 Å². The molecule has 7 heteroatoms. The van der Waals surface area contributed by atoms with Crippen molar-refractivity contribution in [2.75, 3.05) is 9.80 Å². The van der Waals surface area contributed by atoms with E-state index in [2.05, 4.69) is 525 Å². The summed E-state index contributed by atoms with van der Waals surface area (Å²) in [6.45, 7) is 2.17. The lowest BCUT2D eigenvalue weighted by Gasteiger charge is -2.31. The molecule has 0 bridgehead atoms. The number of imidazole rings is 1. The Balaban J connectivity index is 0.000000113. The fourth-order valence-electron chi connectivity index (χ4n) is 23.3. The fourth-order valence-corrected chi connectivity index (χ4v) is 23.3. The van der Waals surface area contributed by atoms with Crippen LogP contribution in [0.5, 0.6) is 0 Å². The summed E-state index contributed by atoms with van der Waals surface area (Å²) in [7, 11) is 0. The molecule has 684 valence electrons. The SMILES string of the molecule is CCc1nc2ccccc2n1-c1ccc(-c2c3ccccc3c(-c3ccc4ccccc4c3)c3ccccc23)cc1.c1ccc(-c2c3ccccc3c(-c3ccc4oc5cc6ccccc6cc5c4c3)c3ccccc23)cc1.c1ccc(-c2ccccc2N(c2ccc3ccc4c(N(c5ccccc5-c5ccccc5)c5cccc6c5oc5ccccc56)ccc5ccc2c3c54)c2cccc3c2oc2ccccc23)cc1. The monoisotopic (exact) mass is 1860 g/mol. The lowest BCUT2D eigenvalue weighted by Crippen LogP contribution is -2.13. The molecule has 0 saturated heterocycles. The van der Waals surface area contributed by atoms with Gasteiger partial charge < -0.3 is 23.1 Å². The molecule has 0 saturated carbocycles. The predicted octanol–water partition coefficient (Wildman–Crippen LogP) is 39.4. The van der Waals surface area contributed by atoms with Crippen molar-refractivity contribution in [3.63, 3.8) is 0 Å². The molecule has 0 amide bonds. The van der Waals surface area contributed by atoms with Gasteiger partial charge in [-0.25, -0.2) is 4.98 Å². The molecule has 0 radical (unpaired) electrons. The number of para-hydroxylation sites is 8. The molecular formula is C139H90N4O3. The maximum absolute atomic E-state index is 6.84. The number of fused-ring (bicyclic) bond motifs is 16. The van der Waals surface area contributed by atoms with Gasteiger partial charge in [0.1, 0.15) is 28.2 Å². The van der Waals surface area contributed by atoms with E-state index in [4.69, 9.17) is 18.2 Å². The summed E-state index contributed by atoms with van der Waals surface area (Å²) in [5.74, 6) is 1.08. The van der Waals surface area contributed by atoms with E-state index in [1.54, 1.807) is 0 Å². The second kappa shape index (κ2) is 35.2. The highest BCUT2D eigenvalue weighted by atomic mass is 16.3. The quantitative estimate of drug-likeness (QED) is 0.0799. The van der Waals surface area contributed by atoms with Crippen molar-refractivity contribution in [2.45, 2.75) is 13.3 Å². The van der Waals surface area contributed by atoms with Gasteiger partial charge in [-0.3, -0.25) is 4.57 Å². The van der Waals surface area contributed by atoms with E-state index in [1.165, 1.54) is 131 Å². The van der Waals surface area contributed by atoms with Crippen LogP contribution in [0.2, 0.25) is 0 Å². The van der Waals surface area contributed by atoms with Gasteiger partial charge in [-0.05, 0) is 245 Å². The van der Waals surface area contributed by atoms with Crippen molar-refractivity contribution in [1.29, 1.82) is 0 Å². The summed E-state index contributed by atoms with van der Waals surface area (Å²) in [5.41, 5.74) is 29.4. The van der Waals surface area contributed by atoms with Crippen LogP contribution in [0.3, 0.4) is 0 Å². The van der Waals surface area contributed by atoms with Crippen LogP contribution in [-0.2, 0) is 6.42 Å². The number of benzene rings is 26. The van der Waals surface area contributed by atoms with E-state index in [1.807, 2.05) is 12.1 Å². The molecule has 0 unspecified atom stereocenters. The molecule has 0 N–H and O–H groups in total. The Labute approximate surface area is 841 Å². The minimum absolute atomic E-state index is 0.844. The van der Waals surface area contributed by atoms with Crippen LogP contribution in [0.4, 0.5) is 34.1 Å². The smallest absolute Gasteiger partial charge is 0.159 e. The summed E-state index contributed by atoms with van der Waals surface area (Å²) >= 11 is 0. The minimum Gasteiger partial charge on any atom is -0.456 e. The maximum Gasteiger partial charge on any atom is 0.159 e. The molecule has 146 heavy (non-hydrogen) atoms. The molecule has 30 aromatic rings. The van der Waals surface area contributed by atoms with Crippen LogP contribution in [0, 0.1) is 0 Å². The van der Waals surface area contributed by atoms with Gasteiger partial charge in [0.25, 0.3) is 0 Å². The zero-order chi connectivity index (χ0) is 96.4. The number of aryl methyl sites for hydroxylation is 1. The molecule has 30 rings (SSSR count). The van der Waals surface area contributed by atoms with Crippen molar-refractivity contribution in [3.8, 4) is 72.4 Å². The average Bonchev–Trinajstić information content (AvgIpc) is 0.876. The molecule has 7 nitrogen and oxygen atoms in total. The van der Waals surface area contributed by atoms with Crippen LogP contribution in [0.15, 0.2) is 529 Å². The first kappa shape index (κ1) is 84.8. The summed E-state index contributed by atoms with van der Waals surface area (Å²) in [6, 6.07) is 185. The minimum atomic E-state index is 0.844. The zero-order valence-corrected chi connectivity index (χ0v) is 79.8. The normalized spacial score (nSPS) is 11.8. The van der Waals surface area contributed by atoms with Crippen LogP contribution < -0.4 is 9.80 Å². The Bertz CT molecular complexity index is 10000. The molecule has 0 fully saturated rings. The third kappa shape index (κ3) is 14.1. The van der Waals surface area contributed by atoms with E-state index in [9.17, 15) is 0 Å². The third-order valence-electron chi connectivity index (χ3n) is 29.8. The molecule has 4 heterocycles. The molecule has 0 atom stereocenters. The van der Waals surface area contributed by atoms with Gasteiger partial charge in [0, 0.05) is 66.3 Å². The van der Waals surface area contributed by atoms with E-state index in [0.717, 1.165) is 162 Å². The third-order valence-corrected chi connectivity index (χ3v) is 29.8. The van der Waals surface area contributed by atoms with Crippen LogP contribution in [-0.4, -0.2) is 9.55 Å². The van der Waals surface area contributed by atoms with Gasteiger partial charge in [-0.15, -0.1) is 0 Å². The lowest BCUT2D eigenvalue weighted by molar-refractivity contribution is 0.669. The highest BCUT2D eigenvalue weighted by Gasteiger charge is 2.30. The van der Waals surface area contributed by atoms with Crippen LogP contribution >= 0.6 is 0 Å². The largest absolute Gasteiger partial charge is 0.456 e. The average molecular weight is 1860 g/mol. The van der Waals surface area contributed by atoms with Gasteiger partial charge in [-0.2, -0.15) is 0 Å². The van der Waals surface area contributed by atoms with Crippen molar-refractivity contribution in [1.82, 2.24) is 9.55 Å². The Morgan fingerprint density at radius 1 is 0.205 bits per heavy atom. The Morgan fingerprint density at radius 3 is 1.05 bits per heavy atom. The van der Waals surface area contributed by atoms with Gasteiger partial charge >= 0.3 is 0 Å². The predicted molar refractivity (Wildman–Crippen MR) is 616 cm³/mol. The summed E-state index contributed by atoms with van der Waals surface area (Å²) in [5, 5.41) is 28.8. The Hall–Kier alpha value is -19.2. The molecule has 0 spiro atoms. The van der Waals surface area contributed by atoms with Crippen molar-refractivity contribution >= 4 is 208 Å². The van der Waals surface area contributed by atoms with Gasteiger partial charge in [0.05, 0.1) is 45.2 Å². The Kier molecular flexibility index (Phi) is 20.5. The lowest BCUT2D eigenvalue weighted by atomic mass is 9.85. The highest BCUT2D eigenvalue weighted by Crippen LogP contribution is 2.55. The molecule has 4 aromatic heterocycles. The Morgan fingerprint density at radius 2 is 0.555 bits per heavy atom. The first-order valence-corrected chi connectivity index (χ1v) is 50.2. The van der Waals surface area contributed by atoms with E-state index in [-0.39, 0.29) is 0 Å². The standard InChI is InChI=1S/C64H40N2O2.C39H28N2.C36H22O/c1-3-17-41(18-4-1)45-21-7-11-27-53(45)65(57-29-15-25-49-47-23-9-13-31-59(47)67-63(49)57)55-39-35-43-34-38-52-56(40-36-44-33-37-51(55)61(43)62(44)52)66(54-28-12-8-22-46(54)42-19-5-2-6-20-42)58-30-16-26-50-48-24-10-14-32-60(48)68-64(50)58;1-2-37-40-35-17-9-10-18-36(35)41(37)30-23-21-27(22-24-30)38-31-13-5-7-15-33(31)39(34-16-8-6-14-32(34)38)29-20-19-26-11-3-4-12-28(26)25-29;1-2-10-23(11-3-1)35-27-14-6-8-16-29(27)36(30-17-9-7-15-28(30)35)26-18-19-33-31(21-26)32-20-24-12-4-5-13-25(24)22-34(32)37-33/h1-40H;3-25H,2H2,1H3;1-22H. The summed E-state index contributed by atoms with van der Waals surface area (Å²) in [6.07, 6.45) is 0.877. The second-order valence-electron chi connectivity index (χ2n) is 37.9.